The van der Waals surface area contributed by atoms with Crippen molar-refractivity contribution < 1.29 is 9.18 Å². The minimum absolute atomic E-state index is 0.0658. The lowest BCUT2D eigenvalue weighted by atomic mass is 9.97. The van der Waals surface area contributed by atoms with Gasteiger partial charge in [-0.05, 0) is 26.0 Å². The predicted octanol–water partition coefficient (Wildman–Crippen LogP) is 1.70. The molecule has 0 spiro atoms. The highest BCUT2D eigenvalue weighted by molar-refractivity contribution is 7.99. The number of hydrogen-bond acceptors (Lipinski definition) is 2. The van der Waals surface area contributed by atoms with Gasteiger partial charge in [-0.25, -0.2) is 4.39 Å². The smallest absolute Gasteiger partial charge is 0.232 e. The van der Waals surface area contributed by atoms with E-state index < -0.39 is 5.67 Å². The van der Waals surface area contributed by atoms with Crippen molar-refractivity contribution in [3.63, 3.8) is 0 Å². The van der Waals surface area contributed by atoms with Crippen molar-refractivity contribution in [3.05, 3.63) is 0 Å². The van der Waals surface area contributed by atoms with E-state index in [9.17, 15) is 9.18 Å². The first-order valence-corrected chi connectivity index (χ1v) is 5.90. The summed E-state index contributed by atoms with van der Waals surface area (Å²) < 4.78 is 13.5. The molecule has 1 aliphatic heterocycles. The molecule has 0 N–H and O–H groups in total. The van der Waals surface area contributed by atoms with Crippen molar-refractivity contribution >= 4 is 17.7 Å². The molecule has 0 saturated carbocycles. The number of piperidine rings is 1. The third-order valence-corrected chi connectivity index (χ3v) is 2.80. The normalized spacial score (nSPS) is 29.0. The Balaban J connectivity index is 2.47. The SMILES string of the molecule is CSCC(=O)N1CCC[C@](C)(F)C1. The zero-order chi connectivity index (χ0) is 9.90. The van der Waals surface area contributed by atoms with Crippen molar-refractivity contribution in [1.29, 1.82) is 0 Å². The number of rotatable bonds is 2. The number of nitrogens with zero attached hydrogens (tertiary/aromatic N) is 1. The molecular weight excluding hydrogens is 189 g/mol. The first-order chi connectivity index (χ1) is 6.05. The molecule has 1 amide bonds. The van der Waals surface area contributed by atoms with Gasteiger partial charge in [0.1, 0.15) is 5.67 Å². The first-order valence-electron chi connectivity index (χ1n) is 4.51. The van der Waals surface area contributed by atoms with Gasteiger partial charge < -0.3 is 4.90 Å². The maximum atomic E-state index is 13.5. The number of halogens is 1. The fourth-order valence-corrected chi connectivity index (χ4v) is 2.05. The third-order valence-electron chi connectivity index (χ3n) is 2.27. The van der Waals surface area contributed by atoms with Crippen LogP contribution in [0.25, 0.3) is 0 Å². The van der Waals surface area contributed by atoms with Gasteiger partial charge in [0.25, 0.3) is 0 Å². The van der Waals surface area contributed by atoms with Gasteiger partial charge in [0.15, 0.2) is 0 Å². The van der Waals surface area contributed by atoms with Crippen LogP contribution in [0.3, 0.4) is 0 Å². The molecule has 0 aromatic carbocycles. The van der Waals surface area contributed by atoms with Gasteiger partial charge in [0, 0.05) is 6.54 Å². The van der Waals surface area contributed by atoms with Crippen LogP contribution >= 0.6 is 11.8 Å². The second-order valence-electron chi connectivity index (χ2n) is 3.77. The summed E-state index contributed by atoms with van der Waals surface area (Å²) in [5.74, 6) is 0.534. The van der Waals surface area contributed by atoms with Crippen molar-refractivity contribution in [3.8, 4) is 0 Å². The highest BCUT2D eigenvalue weighted by Crippen LogP contribution is 2.24. The quantitative estimate of drug-likeness (QED) is 0.684. The van der Waals surface area contributed by atoms with Crippen LogP contribution in [-0.4, -0.2) is 41.6 Å². The standard InChI is InChI=1S/C9H16FNOS/c1-9(10)4-3-5-11(7-9)8(12)6-13-2/h3-7H2,1-2H3/t9-/m0/s1. The lowest BCUT2D eigenvalue weighted by Gasteiger charge is -2.35. The summed E-state index contributed by atoms with van der Waals surface area (Å²) in [7, 11) is 0. The molecule has 1 heterocycles. The summed E-state index contributed by atoms with van der Waals surface area (Å²) in [5, 5.41) is 0. The molecule has 13 heavy (non-hydrogen) atoms. The Morgan fingerprint density at radius 3 is 2.92 bits per heavy atom. The van der Waals surface area contributed by atoms with Crippen molar-refractivity contribution in [1.82, 2.24) is 4.90 Å². The van der Waals surface area contributed by atoms with Crippen LogP contribution in [0.2, 0.25) is 0 Å². The minimum atomic E-state index is -1.17. The Bertz CT molecular complexity index is 196. The molecule has 0 radical (unpaired) electrons. The Kier molecular flexibility index (Phi) is 3.59. The van der Waals surface area contributed by atoms with Crippen LogP contribution in [0, 0.1) is 0 Å². The Morgan fingerprint density at radius 2 is 2.38 bits per heavy atom. The van der Waals surface area contributed by atoms with E-state index in [1.165, 1.54) is 11.8 Å². The van der Waals surface area contributed by atoms with E-state index in [-0.39, 0.29) is 12.5 Å². The molecule has 0 unspecified atom stereocenters. The molecule has 1 saturated heterocycles. The Morgan fingerprint density at radius 1 is 1.69 bits per heavy atom. The second-order valence-corrected chi connectivity index (χ2v) is 4.63. The monoisotopic (exact) mass is 205 g/mol. The topological polar surface area (TPSA) is 20.3 Å². The molecule has 0 aromatic rings. The number of carbonyl (C=O) groups is 1. The van der Waals surface area contributed by atoms with Gasteiger partial charge in [-0.2, -0.15) is 11.8 Å². The number of alkyl halides is 1. The molecule has 2 nitrogen and oxygen atoms in total. The van der Waals surface area contributed by atoms with Crippen LogP contribution in [0.5, 0.6) is 0 Å². The average Bonchev–Trinajstić information content (AvgIpc) is 2.03. The van der Waals surface area contributed by atoms with Gasteiger partial charge in [0.2, 0.25) is 5.91 Å². The van der Waals surface area contributed by atoms with Crippen LogP contribution in [0.15, 0.2) is 0 Å². The minimum Gasteiger partial charge on any atom is -0.339 e. The highest BCUT2D eigenvalue weighted by Gasteiger charge is 2.32. The largest absolute Gasteiger partial charge is 0.339 e. The van der Waals surface area contributed by atoms with Crippen LogP contribution in [-0.2, 0) is 4.79 Å². The summed E-state index contributed by atoms with van der Waals surface area (Å²) in [6.45, 7) is 2.57. The van der Waals surface area contributed by atoms with E-state index in [2.05, 4.69) is 0 Å². The lowest BCUT2D eigenvalue weighted by Crippen LogP contribution is -2.47. The number of amides is 1. The lowest BCUT2D eigenvalue weighted by molar-refractivity contribution is -0.132. The molecule has 1 atom stereocenters. The number of thioether (sulfide) groups is 1. The summed E-state index contributed by atoms with van der Waals surface area (Å²) in [6.07, 6.45) is 3.25. The second kappa shape index (κ2) is 4.31. The number of carbonyl (C=O) groups excluding carboxylic acids is 1. The third kappa shape index (κ3) is 3.18. The molecule has 0 aliphatic carbocycles. The van der Waals surface area contributed by atoms with Gasteiger partial charge in [0.05, 0.1) is 12.3 Å². The zero-order valence-corrected chi connectivity index (χ0v) is 8.99. The number of hydrogen-bond donors (Lipinski definition) is 0. The summed E-state index contributed by atoms with van der Waals surface area (Å²) in [4.78, 5) is 13.1. The Hall–Kier alpha value is -0.250. The van der Waals surface area contributed by atoms with Gasteiger partial charge >= 0.3 is 0 Å². The van der Waals surface area contributed by atoms with Gasteiger partial charge in [-0.15, -0.1) is 0 Å². The molecule has 4 heteroatoms. The molecular formula is C9H16FNOS. The van der Waals surface area contributed by atoms with Crippen molar-refractivity contribution in [2.75, 3.05) is 25.1 Å². The molecule has 0 bridgehead atoms. The first kappa shape index (κ1) is 10.8. The summed E-state index contributed by atoms with van der Waals surface area (Å²) >= 11 is 1.49. The maximum Gasteiger partial charge on any atom is 0.232 e. The van der Waals surface area contributed by atoms with Crippen LogP contribution in [0.1, 0.15) is 19.8 Å². The molecule has 1 aliphatic rings. The summed E-state index contributed by atoms with van der Waals surface area (Å²) in [6, 6.07) is 0. The highest BCUT2D eigenvalue weighted by atomic mass is 32.2. The van der Waals surface area contributed by atoms with E-state index in [1.807, 2.05) is 6.26 Å². The van der Waals surface area contributed by atoms with Crippen molar-refractivity contribution in [2.45, 2.75) is 25.4 Å². The van der Waals surface area contributed by atoms with Crippen LogP contribution in [0.4, 0.5) is 4.39 Å². The van der Waals surface area contributed by atoms with E-state index in [0.717, 1.165) is 13.0 Å². The van der Waals surface area contributed by atoms with E-state index in [0.29, 0.717) is 12.2 Å². The van der Waals surface area contributed by atoms with E-state index in [4.69, 9.17) is 0 Å². The van der Waals surface area contributed by atoms with E-state index >= 15 is 0 Å². The molecule has 1 rings (SSSR count). The fraction of sp³-hybridized carbons (Fsp3) is 0.889. The Labute approximate surface area is 82.9 Å². The average molecular weight is 205 g/mol. The van der Waals surface area contributed by atoms with E-state index in [1.54, 1.807) is 11.8 Å². The van der Waals surface area contributed by atoms with Gasteiger partial charge in [-0.3, -0.25) is 4.79 Å². The summed E-state index contributed by atoms with van der Waals surface area (Å²) in [5.41, 5.74) is -1.17. The zero-order valence-electron chi connectivity index (χ0n) is 8.18. The molecule has 76 valence electrons. The van der Waals surface area contributed by atoms with Crippen LogP contribution < -0.4 is 0 Å². The predicted molar refractivity (Wildman–Crippen MR) is 53.7 cm³/mol. The molecule has 0 aromatic heterocycles. The van der Waals surface area contributed by atoms with Gasteiger partial charge in [-0.1, -0.05) is 0 Å². The van der Waals surface area contributed by atoms with Crippen molar-refractivity contribution in [2.24, 2.45) is 0 Å². The molecule has 1 fully saturated rings. The fourth-order valence-electron chi connectivity index (χ4n) is 1.62. The maximum absolute atomic E-state index is 13.5. The number of likely N-dealkylation sites (tertiary alicyclic amines) is 1.